The Morgan fingerprint density at radius 3 is 2.07 bits per heavy atom. The normalized spacial score (nSPS) is 15.6. The molecule has 1 heteroatoms. The molecule has 0 heterocycles. The highest BCUT2D eigenvalue weighted by Crippen LogP contribution is 2.30. The van der Waals surface area contributed by atoms with Crippen LogP contribution in [0.15, 0.2) is 24.3 Å². The molecule has 0 aromatic heterocycles. The summed E-state index contributed by atoms with van der Waals surface area (Å²) in [6.45, 7) is 8.62. The molecular formula is C13H21N. The number of aryl methyl sites for hydroxylation is 1. The molecule has 0 saturated carbocycles. The zero-order valence-corrected chi connectivity index (χ0v) is 9.67. The molecule has 0 bridgehead atoms. The molecule has 0 amide bonds. The molecule has 1 aromatic rings. The molecule has 0 spiro atoms. The fraction of sp³-hybridized carbons (Fsp3) is 0.538. The third-order valence-electron chi connectivity index (χ3n) is 3.20. The third-order valence-corrected chi connectivity index (χ3v) is 3.20. The summed E-state index contributed by atoms with van der Waals surface area (Å²) in [5.74, 6) is 0.468. The molecule has 0 fully saturated rings. The fourth-order valence-electron chi connectivity index (χ4n) is 1.81. The van der Waals surface area contributed by atoms with Crippen molar-refractivity contribution in [3.8, 4) is 0 Å². The topological polar surface area (TPSA) is 26.0 Å². The summed E-state index contributed by atoms with van der Waals surface area (Å²) in [6, 6.07) is 8.57. The lowest BCUT2D eigenvalue weighted by atomic mass is 9.78. The minimum atomic E-state index is -0.173. The summed E-state index contributed by atoms with van der Waals surface area (Å²) >= 11 is 0. The summed E-state index contributed by atoms with van der Waals surface area (Å²) in [5, 5.41) is 0. The van der Waals surface area contributed by atoms with Crippen molar-refractivity contribution in [3.63, 3.8) is 0 Å². The molecular weight excluding hydrogens is 170 g/mol. The van der Waals surface area contributed by atoms with E-state index in [0.29, 0.717) is 5.92 Å². The summed E-state index contributed by atoms with van der Waals surface area (Å²) < 4.78 is 0. The van der Waals surface area contributed by atoms with Gasteiger partial charge in [-0.25, -0.2) is 0 Å². The first-order valence-electron chi connectivity index (χ1n) is 5.36. The molecule has 0 aliphatic carbocycles. The third kappa shape index (κ3) is 1.98. The van der Waals surface area contributed by atoms with Gasteiger partial charge in [-0.1, -0.05) is 50.6 Å². The van der Waals surface area contributed by atoms with Crippen molar-refractivity contribution >= 4 is 0 Å². The van der Waals surface area contributed by atoms with Crippen LogP contribution in [0.1, 0.15) is 38.3 Å². The summed E-state index contributed by atoms with van der Waals surface area (Å²) in [6.07, 6.45) is 0.980. The lowest BCUT2D eigenvalue weighted by Crippen LogP contribution is -2.41. The zero-order chi connectivity index (χ0) is 10.8. The average Bonchev–Trinajstić information content (AvgIpc) is 2.17. The van der Waals surface area contributed by atoms with E-state index in [2.05, 4.69) is 52.0 Å². The first-order chi connectivity index (χ1) is 6.50. The van der Waals surface area contributed by atoms with Gasteiger partial charge in [-0.05, 0) is 24.8 Å². The smallest absolute Gasteiger partial charge is 0.0430 e. The van der Waals surface area contributed by atoms with Gasteiger partial charge >= 0.3 is 0 Å². The summed E-state index contributed by atoms with van der Waals surface area (Å²) in [4.78, 5) is 0. The van der Waals surface area contributed by atoms with E-state index in [-0.39, 0.29) is 5.54 Å². The maximum atomic E-state index is 6.41. The molecule has 0 radical (unpaired) electrons. The maximum Gasteiger partial charge on any atom is 0.0430 e. The Morgan fingerprint density at radius 1 is 1.21 bits per heavy atom. The van der Waals surface area contributed by atoms with Gasteiger partial charge in [0.15, 0.2) is 0 Å². The SMILES string of the molecule is CCC(N)(c1ccc(C)cc1)C(C)C. The molecule has 2 N–H and O–H groups in total. The van der Waals surface area contributed by atoms with Gasteiger partial charge in [0.25, 0.3) is 0 Å². The van der Waals surface area contributed by atoms with E-state index in [1.807, 2.05) is 0 Å². The van der Waals surface area contributed by atoms with Crippen LogP contribution in [-0.4, -0.2) is 0 Å². The predicted molar refractivity (Wildman–Crippen MR) is 62.2 cm³/mol. The van der Waals surface area contributed by atoms with Crippen molar-refractivity contribution < 1.29 is 0 Å². The van der Waals surface area contributed by atoms with Crippen LogP contribution in [0.2, 0.25) is 0 Å². The van der Waals surface area contributed by atoms with E-state index in [1.165, 1.54) is 11.1 Å². The van der Waals surface area contributed by atoms with Crippen LogP contribution in [0.4, 0.5) is 0 Å². The van der Waals surface area contributed by atoms with E-state index in [9.17, 15) is 0 Å². The number of benzene rings is 1. The second-order valence-corrected chi connectivity index (χ2v) is 4.41. The van der Waals surface area contributed by atoms with Crippen LogP contribution in [0.3, 0.4) is 0 Å². The Morgan fingerprint density at radius 2 is 1.71 bits per heavy atom. The van der Waals surface area contributed by atoms with Crippen LogP contribution in [0, 0.1) is 12.8 Å². The van der Waals surface area contributed by atoms with E-state index in [0.717, 1.165) is 6.42 Å². The Bertz CT molecular complexity index is 287. The number of rotatable bonds is 3. The van der Waals surface area contributed by atoms with E-state index >= 15 is 0 Å². The molecule has 0 aliphatic rings. The van der Waals surface area contributed by atoms with E-state index in [1.54, 1.807) is 0 Å². The molecule has 1 atom stereocenters. The number of hydrogen-bond acceptors (Lipinski definition) is 1. The molecule has 1 unspecified atom stereocenters. The second-order valence-electron chi connectivity index (χ2n) is 4.41. The Balaban J connectivity index is 3.06. The van der Waals surface area contributed by atoms with E-state index < -0.39 is 0 Å². The number of nitrogens with two attached hydrogens (primary N) is 1. The van der Waals surface area contributed by atoms with Gasteiger partial charge in [0.2, 0.25) is 0 Å². The maximum absolute atomic E-state index is 6.41. The largest absolute Gasteiger partial charge is 0.321 e. The lowest BCUT2D eigenvalue weighted by molar-refractivity contribution is 0.306. The Hall–Kier alpha value is -0.820. The van der Waals surface area contributed by atoms with Crippen molar-refractivity contribution in [2.45, 2.75) is 39.7 Å². The minimum Gasteiger partial charge on any atom is -0.321 e. The standard InChI is InChI=1S/C13H21N/c1-5-13(14,10(2)3)12-8-6-11(4)7-9-12/h6-10H,5,14H2,1-4H3. The van der Waals surface area contributed by atoms with Gasteiger partial charge < -0.3 is 5.73 Å². The fourth-order valence-corrected chi connectivity index (χ4v) is 1.81. The second kappa shape index (κ2) is 4.14. The van der Waals surface area contributed by atoms with Crippen LogP contribution < -0.4 is 5.73 Å². The van der Waals surface area contributed by atoms with Crippen molar-refractivity contribution in [1.82, 2.24) is 0 Å². The molecule has 14 heavy (non-hydrogen) atoms. The molecule has 0 saturated heterocycles. The molecule has 0 aliphatic heterocycles. The minimum absolute atomic E-state index is 0.173. The van der Waals surface area contributed by atoms with Gasteiger partial charge in [-0.15, -0.1) is 0 Å². The van der Waals surface area contributed by atoms with Gasteiger partial charge in [-0.2, -0.15) is 0 Å². The van der Waals surface area contributed by atoms with Crippen LogP contribution in [-0.2, 0) is 5.54 Å². The Kier molecular flexibility index (Phi) is 3.33. The molecule has 1 aromatic carbocycles. The van der Waals surface area contributed by atoms with Gasteiger partial charge in [-0.3, -0.25) is 0 Å². The van der Waals surface area contributed by atoms with Gasteiger partial charge in [0, 0.05) is 5.54 Å². The number of hydrogen-bond donors (Lipinski definition) is 1. The molecule has 1 rings (SSSR count). The van der Waals surface area contributed by atoms with Crippen LogP contribution in [0.25, 0.3) is 0 Å². The summed E-state index contributed by atoms with van der Waals surface area (Å²) in [5.41, 5.74) is 8.78. The first-order valence-corrected chi connectivity index (χ1v) is 5.36. The quantitative estimate of drug-likeness (QED) is 0.780. The average molecular weight is 191 g/mol. The van der Waals surface area contributed by atoms with Crippen molar-refractivity contribution in [1.29, 1.82) is 0 Å². The monoisotopic (exact) mass is 191 g/mol. The highest BCUT2D eigenvalue weighted by Gasteiger charge is 2.28. The highest BCUT2D eigenvalue weighted by atomic mass is 14.7. The van der Waals surface area contributed by atoms with Crippen LogP contribution >= 0.6 is 0 Å². The molecule has 78 valence electrons. The molecule has 1 nitrogen and oxygen atoms in total. The van der Waals surface area contributed by atoms with Gasteiger partial charge in [0.1, 0.15) is 0 Å². The van der Waals surface area contributed by atoms with E-state index in [4.69, 9.17) is 5.73 Å². The highest BCUT2D eigenvalue weighted by molar-refractivity contribution is 5.28. The van der Waals surface area contributed by atoms with Crippen LogP contribution in [0.5, 0.6) is 0 Å². The predicted octanol–water partition coefficient (Wildman–Crippen LogP) is 3.22. The Labute approximate surface area is 87.3 Å². The van der Waals surface area contributed by atoms with Crippen molar-refractivity contribution in [2.75, 3.05) is 0 Å². The van der Waals surface area contributed by atoms with Crippen molar-refractivity contribution in [2.24, 2.45) is 11.7 Å². The summed E-state index contributed by atoms with van der Waals surface area (Å²) in [7, 11) is 0. The van der Waals surface area contributed by atoms with Crippen molar-refractivity contribution in [3.05, 3.63) is 35.4 Å². The first kappa shape index (κ1) is 11.3. The van der Waals surface area contributed by atoms with Gasteiger partial charge in [0.05, 0.1) is 0 Å². The lowest BCUT2D eigenvalue weighted by Gasteiger charge is -2.33. The zero-order valence-electron chi connectivity index (χ0n) is 9.67.